The van der Waals surface area contributed by atoms with Crippen molar-refractivity contribution in [1.82, 2.24) is 4.31 Å². The lowest BCUT2D eigenvalue weighted by molar-refractivity contribution is -0.385. The zero-order chi connectivity index (χ0) is 23.3. The molecule has 0 aromatic heterocycles. The zero-order valence-corrected chi connectivity index (χ0v) is 17.7. The molecule has 0 atom stereocenters. The molecule has 1 aliphatic heterocycles. The van der Waals surface area contributed by atoms with Gasteiger partial charge in [0.2, 0.25) is 10.0 Å². The first kappa shape index (κ1) is 23.5. The first-order valence-corrected chi connectivity index (χ1v) is 10.8. The Hall–Kier alpha value is -3.16. The number of hydrazone groups is 1. The van der Waals surface area contributed by atoms with Gasteiger partial charge in [-0.2, -0.15) is 18.2 Å². The van der Waals surface area contributed by atoms with Crippen molar-refractivity contribution in [2.45, 2.75) is 18.4 Å². The Kier molecular flexibility index (Phi) is 7.33. The predicted octanol–water partition coefficient (Wildman–Crippen LogP) is 3.05. The Labute approximate surface area is 182 Å². The molecule has 1 fully saturated rings. The second-order valence-electron chi connectivity index (χ2n) is 6.64. The first-order chi connectivity index (χ1) is 15.2. The number of nitro groups is 1. The van der Waals surface area contributed by atoms with E-state index in [-0.39, 0.29) is 53.9 Å². The molecule has 0 unspecified atom stereocenters. The van der Waals surface area contributed by atoms with Gasteiger partial charge in [0.1, 0.15) is 10.6 Å². The standard InChI is InChI=1S/C19H20F2N4O6S/c1-13(15-4-2-3-5-17(15)31-19(20)21)22-23-16-7-6-14(25(26)27)12-18(16)32(28,29)24-8-10-30-11-9-24/h2-7,12,19,23H,8-11H2,1H3/b22-13+. The highest BCUT2D eigenvalue weighted by molar-refractivity contribution is 7.89. The minimum Gasteiger partial charge on any atom is -0.434 e. The second kappa shape index (κ2) is 9.97. The first-order valence-electron chi connectivity index (χ1n) is 9.41. The molecule has 0 saturated carbocycles. The van der Waals surface area contributed by atoms with Gasteiger partial charge in [0.25, 0.3) is 5.69 Å². The SMILES string of the molecule is C/C(=N\Nc1ccc([N+](=O)[O-])cc1S(=O)(=O)N1CCOCC1)c1ccccc1OC(F)F. The largest absolute Gasteiger partial charge is 0.434 e. The van der Waals surface area contributed by atoms with Gasteiger partial charge in [-0.05, 0) is 25.1 Å². The fraction of sp³-hybridized carbons (Fsp3) is 0.316. The average molecular weight is 470 g/mol. The Balaban J connectivity index is 1.97. The van der Waals surface area contributed by atoms with Crippen molar-refractivity contribution in [3.8, 4) is 5.75 Å². The molecule has 1 aliphatic rings. The molecule has 1 saturated heterocycles. The second-order valence-corrected chi connectivity index (χ2v) is 8.54. The van der Waals surface area contributed by atoms with Crippen LogP contribution in [0.15, 0.2) is 52.5 Å². The molecule has 1 heterocycles. The average Bonchev–Trinajstić information content (AvgIpc) is 2.77. The van der Waals surface area contributed by atoms with Crippen LogP contribution in [0.3, 0.4) is 0 Å². The van der Waals surface area contributed by atoms with Crippen molar-refractivity contribution in [2.24, 2.45) is 5.10 Å². The molecule has 0 aliphatic carbocycles. The number of halogens is 2. The van der Waals surface area contributed by atoms with E-state index < -0.39 is 27.2 Å². The fourth-order valence-electron chi connectivity index (χ4n) is 3.03. The topological polar surface area (TPSA) is 123 Å². The van der Waals surface area contributed by atoms with E-state index in [0.29, 0.717) is 0 Å². The Morgan fingerprint density at radius 3 is 2.59 bits per heavy atom. The summed E-state index contributed by atoms with van der Waals surface area (Å²) in [4.78, 5) is 10.2. The van der Waals surface area contributed by atoms with Crippen LogP contribution in [0.4, 0.5) is 20.2 Å². The summed E-state index contributed by atoms with van der Waals surface area (Å²) in [5, 5.41) is 15.3. The number of anilines is 1. The van der Waals surface area contributed by atoms with E-state index in [9.17, 15) is 27.3 Å². The molecule has 0 spiro atoms. The van der Waals surface area contributed by atoms with Gasteiger partial charge in [0.15, 0.2) is 0 Å². The lowest BCUT2D eigenvalue weighted by Gasteiger charge is -2.26. The predicted molar refractivity (Wildman–Crippen MR) is 112 cm³/mol. The van der Waals surface area contributed by atoms with Crippen molar-refractivity contribution >= 4 is 27.1 Å². The van der Waals surface area contributed by atoms with E-state index in [1.807, 2.05) is 0 Å². The molecule has 0 bridgehead atoms. The fourth-order valence-corrected chi connectivity index (χ4v) is 4.59. The third-order valence-electron chi connectivity index (χ3n) is 4.60. The van der Waals surface area contributed by atoms with Crippen LogP contribution in [0, 0.1) is 10.1 Å². The van der Waals surface area contributed by atoms with E-state index in [1.54, 1.807) is 6.07 Å². The van der Waals surface area contributed by atoms with Crippen LogP contribution in [0.5, 0.6) is 5.75 Å². The summed E-state index contributed by atoms with van der Waals surface area (Å²) in [5.41, 5.74) is 2.67. The molecule has 0 amide bonds. The number of alkyl halides is 2. The number of sulfonamides is 1. The van der Waals surface area contributed by atoms with Crippen LogP contribution in [0.2, 0.25) is 0 Å². The maximum Gasteiger partial charge on any atom is 0.387 e. The van der Waals surface area contributed by atoms with Crippen molar-refractivity contribution in [3.63, 3.8) is 0 Å². The third kappa shape index (κ3) is 5.36. The summed E-state index contributed by atoms with van der Waals surface area (Å²) < 4.78 is 62.4. The highest BCUT2D eigenvalue weighted by atomic mass is 32.2. The molecule has 10 nitrogen and oxygen atoms in total. The number of para-hydroxylation sites is 1. The molecule has 172 valence electrons. The number of nitrogens with one attached hydrogen (secondary N) is 1. The lowest BCUT2D eigenvalue weighted by Crippen LogP contribution is -2.40. The Bertz CT molecular complexity index is 1120. The molecule has 1 N–H and O–H groups in total. The van der Waals surface area contributed by atoms with Gasteiger partial charge < -0.3 is 9.47 Å². The van der Waals surface area contributed by atoms with Crippen molar-refractivity contribution < 1.29 is 31.6 Å². The quantitative estimate of drug-likeness (QED) is 0.357. The number of hydrogen-bond donors (Lipinski definition) is 1. The molecule has 3 rings (SSSR count). The maximum absolute atomic E-state index is 13.1. The van der Waals surface area contributed by atoms with Gasteiger partial charge in [-0.1, -0.05) is 12.1 Å². The molecule has 2 aromatic carbocycles. The summed E-state index contributed by atoms with van der Waals surface area (Å²) in [5.74, 6) is -0.101. The number of benzene rings is 2. The minimum atomic E-state index is -4.09. The van der Waals surface area contributed by atoms with Gasteiger partial charge in [-0.3, -0.25) is 15.5 Å². The number of morpholine rings is 1. The van der Waals surface area contributed by atoms with Crippen LogP contribution in [-0.2, 0) is 14.8 Å². The normalized spacial score (nSPS) is 15.6. The third-order valence-corrected chi connectivity index (χ3v) is 6.54. The number of non-ortho nitro benzene ring substituents is 1. The minimum absolute atomic E-state index is 0.00583. The summed E-state index contributed by atoms with van der Waals surface area (Å²) in [6.07, 6.45) is 0. The van der Waals surface area contributed by atoms with Crippen molar-refractivity contribution in [1.29, 1.82) is 0 Å². The lowest BCUT2D eigenvalue weighted by atomic mass is 10.1. The smallest absolute Gasteiger partial charge is 0.387 e. The number of nitro benzene ring substituents is 1. The van der Waals surface area contributed by atoms with E-state index >= 15 is 0 Å². The highest BCUT2D eigenvalue weighted by Crippen LogP contribution is 2.30. The molecular weight excluding hydrogens is 450 g/mol. The molecule has 2 aromatic rings. The molecule has 32 heavy (non-hydrogen) atoms. The highest BCUT2D eigenvalue weighted by Gasteiger charge is 2.30. The number of hydrogen-bond acceptors (Lipinski definition) is 8. The summed E-state index contributed by atoms with van der Waals surface area (Å²) in [6, 6.07) is 9.30. The van der Waals surface area contributed by atoms with E-state index in [2.05, 4.69) is 15.3 Å². The van der Waals surface area contributed by atoms with Crippen LogP contribution in [0.25, 0.3) is 0 Å². The van der Waals surface area contributed by atoms with Gasteiger partial charge >= 0.3 is 6.61 Å². The van der Waals surface area contributed by atoms with Gasteiger partial charge in [-0.25, -0.2) is 8.42 Å². The zero-order valence-electron chi connectivity index (χ0n) is 16.9. The molecule has 13 heteroatoms. The van der Waals surface area contributed by atoms with Gasteiger partial charge in [0, 0.05) is 30.8 Å². The maximum atomic E-state index is 13.1. The van der Waals surface area contributed by atoms with E-state index in [4.69, 9.17) is 4.74 Å². The van der Waals surface area contributed by atoms with Crippen LogP contribution in [0.1, 0.15) is 12.5 Å². The van der Waals surface area contributed by atoms with Crippen molar-refractivity contribution in [2.75, 3.05) is 31.7 Å². The number of rotatable bonds is 8. The van der Waals surface area contributed by atoms with Crippen LogP contribution in [-0.4, -0.2) is 56.3 Å². The van der Waals surface area contributed by atoms with Crippen molar-refractivity contribution in [3.05, 3.63) is 58.1 Å². The Morgan fingerprint density at radius 1 is 1.25 bits per heavy atom. The van der Waals surface area contributed by atoms with Crippen LogP contribution < -0.4 is 10.2 Å². The van der Waals surface area contributed by atoms with Gasteiger partial charge in [0.05, 0.1) is 29.5 Å². The van der Waals surface area contributed by atoms with E-state index in [0.717, 1.165) is 12.1 Å². The number of ether oxygens (including phenoxy) is 2. The van der Waals surface area contributed by atoms with E-state index in [1.165, 1.54) is 35.5 Å². The van der Waals surface area contributed by atoms with Gasteiger partial charge in [-0.15, -0.1) is 0 Å². The summed E-state index contributed by atoms with van der Waals surface area (Å²) in [7, 11) is -4.09. The number of nitrogens with zero attached hydrogens (tertiary/aromatic N) is 3. The summed E-state index contributed by atoms with van der Waals surface area (Å²) in [6.45, 7) is -0.903. The Morgan fingerprint density at radius 2 is 1.94 bits per heavy atom. The molecular formula is C19H20F2N4O6S. The molecule has 0 radical (unpaired) electrons. The van der Waals surface area contributed by atoms with Crippen LogP contribution >= 0.6 is 0 Å². The summed E-state index contributed by atoms with van der Waals surface area (Å²) >= 11 is 0. The monoisotopic (exact) mass is 470 g/mol.